The number of rotatable bonds is 9. The van der Waals surface area contributed by atoms with Crippen LogP contribution in [0.1, 0.15) is 16.8 Å². The first-order valence-electron chi connectivity index (χ1n) is 7.80. The van der Waals surface area contributed by atoms with Gasteiger partial charge in [-0.25, -0.2) is 0 Å². The maximum absolute atomic E-state index is 11.8. The fraction of sp³-hybridized carbons (Fsp3) is 0.278. The number of hydrogen-bond donors (Lipinski definition) is 3. The van der Waals surface area contributed by atoms with Gasteiger partial charge in [0.05, 0.1) is 13.2 Å². The van der Waals surface area contributed by atoms with Gasteiger partial charge in [-0.2, -0.15) is 0 Å². The molecule has 0 aliphatic heterocycles. The maximum Gasteiger partial charge on any atom is 0.251 e. The molecule has 2 aromatic rings. The van der Waals surface area contributed by atoms with Crippen LogP contribution in [0.5, 0.6) is 5.75 Å². The largest absolute Gasteiger partial charge is 0.493 e. The number of ether oxygens (including phenoxy) is 1. The third kappa shape index (κ3) is 6.10. The monoisotopic (exact) mass is 348 g/mol. The van der Waals surface area contributed by atoms with Crippen molar-refractivity contribution >= 4 is 23.2 Å². The second-order valence-corrected chi connectivity index (χ2v) is 5.58. The van der Waals surface area contributed by atoms with Gasteiger partial charge >= 0.3 is 0 Å². The summed E-state index contributed by atoms with van der Waals surface area (Å²) in [5.74, 6) is 0.557. The summed E-state index contributed by atoms with van der Waals surface area (Å²) >= 11 is 5.90. The Bertz CT molecular complexity index is 664. The molecule has 0 atom stereocenters. The van der Waals surface area contributed by atoms with E-state index in [9.17, 15) is 4.79 Å². The number of anilines is 1. The standard InChI is InChI=1S/C18H21ClN2O3/c19-15-5-2-7-17(13-15)24-11-3-8-20-16-6-1-4-14(12-16)18(23)21-9-10-22/h1-2,4-7,12-13,20,22H,3,8-11H2,(H,21,23). The molecule has 0 saturated heterocycles. The highest BCUT2D eigenvalue weighted by Gasteiger charge is 2.05. The zero-order valence-electron chi connectivity index (χ0n) is 13.3. The molecule has 0 heterocycles. The molecular weight excluding hydrogens is 328 g/mol. The highest BCUT2D eigenvalue weighted by Crippen LogP contribution is 2.17. The van der Waals surface area contributed by atoms with Crippen molar-refractivity contribution < 1.29 is 14.6 Å². The summed E-state index contributed by atoms with van der Waals surface area (Å²) in [5.41, 5.74) is 1.43. The maximum atomic E-state index is 11.8. The second-order valence-electron chi connectivity index (χ2n) is 5.15. The summed E-state index contributed by atoms with van der Waals surface area (Å²) in [4.78, 5) is 11.8. The minimum atomic E-state index is -0.197. The van der Waals surface area contributed by atoms with Crippen LogP contribution in [0.3, 0.4) is 0 Å². The van der Waals surface area contributed by atoms with Gasteiger partial charge in [-0.05, 0) is 42.8 Å². The Morgan fingerprint density at radius 2 is 1.96 bits per heavy atom. The van der Waals surface area contributed by atoms with Crippen molar-refractivity contribution in [1.82, 2.24) is 5.32 Å². The first kappa shape index (κ1) is 18.1. The smallest absolute Gasteiger partial charge is 0.251 e. The highest BCUT2D eigenvalue weighted by molar-refractivity contribution is 6.30. The molecular formula is C18H21ClN2O3. The van der Waals surface area contributed by atoms with Crippen LogP contribution in [-0.2, 0) is 0 Å². The van der Waals surface area contributed by atoms with Crippen molar-refractivity contribution in [2.75, 3.05) is 31.6 Å². The van der Waals surface area contributed by atoms with Gasteiger partial charge in [0.15, 0.2) is 0 Å². The lowest BCUT2D eigenvalue weighted by molar-refractivity contribution is 0.0945. The SMILES string of the molecule is O=C(NCCO)c1cccc(NCCCOc2cccc(Cl)c2)c1. The van der Waals surface area contributed by atoms with E-state index in [-0.39, 0.29) is 19.1 Å². The summed E-state index contributed by atoms with van der Waals surface area (Å²) in [7, 11) is 0. The number of amides is 1. The Morgan fingerprint density at radius 3 is 2.75 bits per heavy atom. The summed E-state index contributed by atoms with van der Waals surface area (Å²) in [6.45, 7) is 1.47. The Kier molecular flexibility index (Phi) is 7.39. The van der Waals surface area contributed by atoms with Crippen molar-refractivity contribution in [2.45, 2.75) is 6.42 Å². The van der Waals surface area contributed by atoms with Crippen molar-refractivity contribution in [3.05, 3.63) is 59.1 Å². The number of halogens is 1. The number of hydrogen-bond acceptors (Lipinski definition) is 4. The Hall–Kier alpha value is -2.24. The second kappa shape index (κ2) is 9.80. The van der Waals surface area contributed by atoms with Crippen LogP contribution in [0.4, 0.5) is 5.69 Å². The number of benzene rings is 2. The lowest BCUT2D eigenvalue weighted by Gasteiger charge is -2.10. The van der Waals surface area contributed by atoms with Gasteiger partial charge in [-0.15, -0.1) is 0 Å². The van der Waals surface area contributed by atoms with E-state index >= 15 is 0 Å². The molecule has 0 saturated carbocycles. The van der Waals surface area contributed by atoms with Gasteiger partial charge in [0.2, 0.25) is 0 Å². The van der Waals surface area contributed by atoms with E-state index in [1.807, 2.05) is 24.3 Å². The summed E-state index contributed by atoms with van der Waals surface area (Å²) in [6, 6.07) is 14.5. The van der Waals surface area contributed by atoms with Gasteiger partial charge in [0.1, 0.15) is 5.75 Å². The minimum absolute atomic E-state index is 0.0731. The Balaban J connectivity index is 1.73. The van der Waals surface area contributed by atoms with Gasteiger partial charge in [0.25, 0.3) is 5.91 Å². The van der Waals surface area contributed by atoms with E-state index in [4.69, 9.17) is 21.4 Å². The van der Waals surface area contributed by atoms with Gasteiger partial charge < -0.3 is 20.5 Å². The lowest BCUT2D eigenvalue weighted by atomic mass is 10.2. The highest BCUT2D eigenvalue weighted by atomic mass is 35.5. The van der Waals surface area contributed by atoms with Crippen molar-refractivity contribution in [3.8, 4) is 5.75 Å². The van der Waals surface area contributed by atoms with Crippen LogP contribution >= 0.6 is 11.6 Å². The molecule has 3 N–H and O–H groups in total. The predicted octanol–water partition coefficient (Wildman–Crippen LogP) is 2.94. The predicted molar refractivity (Wildman–Crippen MR) is 95.9 cm³/mol. The molecule has 1 amide bonds. The molecule has 0 bridgehead atoms. The van der Waals surface area contributed by atoms with E-state index in [2.05, 4.69) is 10.6 Å². The summed E-state index contributed by atoms with van der Waals surface area (Å²) in [6.07, 6.45) is 0.813. The minimum Gasteiger partial charge on any atom is -0.493 e. The molecule has 2 rings (SSSR count). The molecule has 128 valence electrons. The molecule has 2 aromatic carbocycles. The quantitative estimate of drug-likeness (QED) is 0.609. The fourth-order valence-corrected chi connectivity index (χ4v) is 2.27. The van der Waals surface area contributed by atoms with E-state index in [1.54, 1.807) is 24.3 Å². The molecule has 0 aliphatic carbocycles. The van der Waals surface area contributed by atoms with Gasteiger partial charge in [0, 0.05) is 29.4 Å². The zero-order valence-corrected chi connectivity index (χ0v) is 14.1. The molecule has 6 heteroatoms. The van der Waals surface area contributed by atoms with Crippen LogP contribution in [-0.4, -0.2) is 37.3 Å². The molecule has 0 spiro atoms. The topological polar surface area (TPSA) is 70.6 Å². The van der Waals surface area contributed by atoms with Gasteiger partial charge in [-0.3, -0.25) is 4.79 Å². The average Bonchev–Trinajstić information content (AvgIpc) is 2.59. The van der Waals surface area contributed by atoms with Crippen molar-refractivity contribution in [3.63, 3.8) is 0 Å². The number of carbonyl (C=O) groups is 1. The number of aliphatic hydroxyl groups excluding tert-OH is 1. The van der Waals surface area contributed by atoms with E-state index in [0.29, 0.717) is 17.2 Å². The first-order chi connectivity index (χ1) is 11.7. The molecule has 0 aromatic heterocycles. The van der Waals surface area contributed by atoms with E-state index in [1.165, 1.54) is 0 Å². The van der Waals surface area contributed by atoms with Crippen LogP contribution in [0.15, 0.2) is 48.5 Å². The summed E-state index contributed by atoms with van der Waals surface area (Å²) < 4.78 is 5.62. The van der Waals surface area contributed by atoms with Crippen molar-refractivity contribution in [2.24, 2.45) is 0 Å². The van der Waals surface area contributed by atoms with Crippen LogP contribution in [0.25, 0.3) is 0 Å². The fourth-order valence-electron chi connectivity index (χ4n) is 2.09. The van der Waals surface area contributed by atoms with E-state index < -0.39 is 0 Å². The average molecular weight is 349 g/mol. The molecule has 0 aliphatic rings. The summed E-state index contributed by atoms with van der Waals surface area (Å²) in [5, 5.41) is 15.3. The Labute approximate surface area is 146 Å². The molecule has 0 radical (unpaired) electrons. The zero-order chi connectivity index (χ0) is 17.2. The van der Waals surface area contributed by atoms with E-state index in [0.717, 1.165) is 24.4 Å². The number of carbonyl (C=O) groups excluding carboxylic acids is 1. The molecule has 0 fully saturated rings. The van der Waals surface area contributed by atoms with Crippen LogP contribution in [0.2, 0.25) is 5.02 Å². The van der Waals surface area contributed by atoms with Crippen LogP contribution < -0.4 is 15.4 Å². The first-order valence-corrected chi connectivity index (χ1v) is 8.18. The lowest BCUT2D eigenvalue weighted by Crippen LogP contribution is -2.26. The third-order valence-electron chi connectivity index (χ3n) is 3.24. The normalized spacial score (nSPS) is 10.2. The number of aliphatic hydroxyl groups is 1. The van der Waals surface area contributed by atoms with Crippen LogP contribution in [0, 0.1) is 0 Å². The van der Waals surface area contributed by atoms with Gasteiger partial charge in [-0.1, -0.05) is 23.7 Å². The Morgan fingerprint density at radius 1 is 1.12 bits per heavy atom. The third-order valence-corrected chi connectivity index (χ3v) is 3.47. The van der Waals surface area contributed by atoms with Crippen molar-refractivity contribution in [1.29, 1.82) is 0 Å². The molecule has 24 heavy (non-hydrogen) atoms. The number of nitrogens with one attached hydrogen (secondary N) is 2. The molecule has 0 unspecified atom stereocenters. The molecule has 5 nitrogen and oxygen atoms in total.